The fourth-order valence-electron chi connectivity index (χ4n) is 1.25. The minimum absolute atomic E-state index is 0.430. The summed E-state index contributed by atoms with van der Waals surface area (Å²) in [5.41, 5.74) is -0.542. The van der Waals surface area contributed by atoms with Crippen LogP contribution in [0.25, 0.3) is 0 Å². The molecule has 0 aromatic rings. The number of hydrogen-bond donors (Lipinski definition) is 0. The molecule has 1 atom stereocenters. The van der Waals surface area contributed by atoms with Crippen molar-refractivity contribution in [2.45, 2.75) is 45.5 Å². The lowest BCUT2D eigenvalue weighted by Gasteiger charge is -2.25. The van der Waals surface area contributed by atoms with E-state index in [0.717, 1.165) is 11.3 Å². The SMILES string of the molecule is CC(C)(C)OC(=O)N1CCCC1F. The lowest BCUT2D eigenvalue weighted by molar-refractivity contribution is 0.00872. The molecule has 1 saturated heterocycles. The van der Waals surface area contributed by atoms with Crippen LogP contribution in [0.3, 0.4) is 0 Å². The first kappa shape index (κ1) is 10.3. The van der Waals surface area contributed by atoms with Gasteiger partial charge in [-0.1, -0.05) is 0 Å². The van der Waals surface area contributed by atoms with E-state index >= 15 is 0 Å². The second-order valence-electron chi connectivity index (χ2n) is 4.25. The highest BCUT2D eigenvalue weighted by Crippen LogP contribution is 2.20. The smallest absolute Gasteiger partial charge is 0.412 e. The first-order valence-corrected chi connectivity index (χ1v) is 4.54. The van der Waals surface area contributed by atoms with E-state index in [0.29, 0.717) is 13.0 Å². The number of likely N-dealkylation sites (tertiary alicyclic amines) is 1. The Morgan fingerprint density at radius 1 is 1.54 bits per heavy atom. The highest BCUT2D eigenvalue weighted by Gasteiger charge is 2.31. The van der Waals surface area contributed by atoms with Gasteiger partial charge in [0.1, 0.15) is 5.60 Å². The molecule has 0 radical (unpaired) electrons. The van der Waals surface area contributed by atoms with Gasteiger partial charge < -0.3 is 4.74 Å². The third-order valence-corrected chi connectivity index (χ3v) is 1.81. The number of carbonyl (C=O) groups is 1. The first-order chi connectivity index (χ1) is 5.90. The van der Waals surface area contributed by atoms with Gasteiger partial charge in [0.15, 0.2) is 6.30 Å². The van der Waals surface area contributed by atoms with Crippen LogP contribution in [0.2, 0.25) is 0 Å². The van der Waals surface area contributed by atoms with Gasteiger partial charge in [0.2, 0.25) is 0 Å². The molecule has 1 aliphatic rings. The average Bonchev–Trinajstić information content (AvgIpc) is 2.30. The lowest BCUT2D eigenvalue weighted by Crippen LogP contribution is -2.38. The standard InChI is InChI=1S/C9H16FNO2/c1-9(2,3)13-8(12)11-6-4-5-7(11)10/h7H,4-6H2,1-3H3. The zero-order chi connectivity index (χ0) is 10.1. The molecule has 3 nitrogen and oxygen atoms in total. The van der Waals surface area contributed by atoms with Crippen LogP contribution in [0.5, 0.6) is 0 Å². The quantitative estimate of drug-likeness (QED) is 0.547. The first-order valence-electron chi connectivity index (χ1n) is 4.54. The Bertz CT molecular complexity index is 200. The van der Waals surface area contributed by atoms with Crippen LogP contribution in [0.15, 0.2) is 0 Å². The number of nitrogens with zero attached hydrogens (tertiary/aromatic N) is 1. The van der Waals surface area contributed by atoms with Crippen LogP contribution >= 0.6 is 0 Å². The van der Waals surface area contributed by atoms with Crippen molar-refractivity contribution in [1.82, 2.24) is 4.90 Å². The molecule has 76 valence electrons. The predicted molar refractivity (Wildman–Crippen MR) is 47.1 cm³/mol. The summed E-state index contributed by atoms with van der Waals surface area (Å²) in [6, 6.07) is 0. The van der Waals surface area contributed by atoms with Crippen LogP contribution in [0.4, 0.5) is 9.18 Å². The molecule has 1 aliphatic heterocycles. The molecule has 1 rings (SSSR count). The second-order valence-corrected chi connectivity index (χ2v) is 4.25. The minimum Gasteiger partial charge on any atom is -0.444 e. The summed E-state index contributed by atoms with van der Waals surface area (Å²) in [6.07, 6.45) is -0.549. The number of alkyl halides is 1. The van der Waals surface area contributed by atoms with E-state index in [1.165, 1.54) is 0 Å². The number of ether oxygens (including phenoxy) is 1. The van der Waals surface area contributed by atoms with Crippen LogP contribution in [-0.4, -0.2) is 29.4 Å². The molecule has 1 fully saturated rings. The molecule has 13 heavy (non-hydrogen) atoms. The fraction of sp³-hybridized carbons (Fsp3) is 0.889. The van der Waals surface area contributed by atoms with Crippen molar-refractivity contribution in [3.63, 3.8) is 0 Å². The van der Waals surface area contributed by atoms with Crippen molar-refractivity contribution in [3.8, 4) is 0 Å². The normalized spacial score (nSPS) is 23.4. The van der Waals surface area contributed by atoms with Gasteiger partial charge in [0.25, 0.3) is 0 Å². The van der Waals surface area contributed by atoms with Crippen molar-refractivity contribution >= 4 is 6.09 Å². The molecule has 1 heterocycles. The molecule has 0 saturated carbocycles. The number of hydrogen-bond acceptors (Lipinski definition) is 2. The van der Waals surface area contributed by atoms with E-state index in [1.807, 2.05) is 0 Å². The van der Waals surface area contributed by atoms with Crippen molar-refractivity contribution < 1.29 is 13.9 Å². The van der Waals surface area contributed by atoms with Gasteiger partial charge in [0, 0.05) is 6.54 Å². The lowest BCUT2D eigenvalue weighted by atomic mass is 10.2. The minimum atomic E-state index is -1.16. The van der Waals surface area contributed by atoms with Crippen molar-refractivity contribution in [2.24, 2.45) is 0 Å². The van der Waals surface area contributed by atoms with Gasteiger partial charge in [0.05, 0.1) is 0 Å². The molecule has 0 bridgehead atoms. The van der Waals surface area contributed by atoms with E-state index in [4.69, 9.17) is 4.74 Å². The third kappa shape index (κ3) is 2.86. The number of halogens is 1. The third-order valence-electron chi connectivity index (χ3n) is 1.81. The van der Waals surface area contributed by atoms with Crippen molar-refractivity contribution in [3.05, 3.63) is 0 Å². The average molecular weight is 189 g/mol. The molecule has 1 unspecified atom stereocenters. The van der Waals surface area contributed by atoms with Gasteiger partial charge >= 0.3 is 6.09 Å². The molecule has 0 N–H and O–H groups in total. The van der Waals surface area contributed by atoms with Crippen LogP contribution in [0.1, 0.15) is 33.6 Å². The number of carbonyl (C=O) groups excluding carboxylic acids is 1. The van der Waals surface area contributed by atoms with Gasteiger partial charge in [-0.3, -0.25) is 4.90 Å². The van der Waals surface area contributed by atoms with E-state index in [2.05, 4.69) is 0 Å². The summed E-state index contributed by atoms with van der Waals surface area (Å²) < 4.78 is 18.1. The Balaban J connectivity index is 2.48. The van der Waals surface area contributed by atoms with Gasteiger partial charge in [-0.25, -0.2) is 9.18 Å². The van der Waals surface area contributed by atoms with Crippen LogP contribution in [-0.2, 0) is 4.74 Å². The summed E-state index contributed by atoms with van der Waals surface area (Å²) in [7, 11) is 0. The summed E-state index contributed by atoms with van der Waals surface area (Å²) >= 11 is 0. The summed E-state index contributed by atoms with van der Waals surface area (Å²) in [4.78, 5) is 12.5. The fourth-order valence-corrected chi connectivity index (χ4v) is 1.25. The monoisotopic (exact) mass is 189 g/mol. The maximum absolute atomic E-state index is 13.0. The molecule has 0 spiro atoms. The Morgan fingerprint density at radius 3 is 2.54 bits per heavy atom. The van der Waals surface area contributed by atoms with Crippen LogP contribution in [0, 0.1) is 0 Å². The highest BCUT2D eigenvalue weighted by atomic mass is 19.1. The van der Waals surface area contributed by atoms with E-state index in [9.17, 15) is 9.18 Å². The molecule has 0 aromatic carbocycles. The molecule has 4 heteroatoms. The molecular formula is C9H16FNO2. The van der Waals surface area contributed by atoms with Crippen molar-refractivity contribution in [1.29, 1.82) is 0 Å². The van der Waals surface area contributed by atoms with Gasteiger partial charge in [-0.15, -0.1) is 0 Å². The number of amides is 1. The summed E-state index contributed by atoms with van der Waals surface area (Å²) in [6.45, 7) is 5.78. The molecular weight excluding hydrogens is 173 g/mol. The molecule has 0 aliphatic carbocycles. The second kappa shape index (κ2) is 3.52. The Morgan fingerprint density at radius 2 is 2.15 bits per heavy atom. The maximum Gasteiger partial charge on any atom is 0.412 e. The van der Waals surface area contributed by atoms with E-state index < -0.39 is 18.0 Å². The van der Waals surface area contributed by atoms with E-state index in [1.54, 1.807) is 20.8 Å². The summed E-state index contributed by atoms with van der Waals surface area (Å²) in [5.74, 6) is 0. The highest BCUT2D eigenvalue weighted by molar-refractivity contribution is 5.68. The zero-order valence-electron chi connectivity index (χ0n) is 8.34. The topological polar surface area (TPSA) is 29.5 Å². The Hall–Kier alpha value is -0.800. The van der Waals surface area contributed by atoms with Crippen molar-refractivity contribution in [2.75, 3.05) is 6.54 Å². The Kier molecular flexibility index (Phi) is 2.78. The maximum atomic E-state index is 13.0. The van der Waals surface area contributed by atoms with E-state index in [-0.39, 0.29) is 0 Å². The largest absolute Gasteiger partial charge is 0.444 e. The Labute approximate surface area is 77.9 Å². The van der Waals surface area contributed by atoms with Crippen LogP contribution < -0.4 is 0 Å². The van der Waals surface area contributed by atoms with Gasteiger partial charge in [-0.2, -0.15) is 0 Å². The van der Waals surface area contributed by atoms with Gasteiger partial charge in [-0.05, 0) is 33.6 Å². The molecule has 1 amide bonds. The summed E-state index contributed by atoms with van der Waals surface area (Å²) in [5, 5.41) is 0. The zero-order valence-corrected chi connectivity index (χ0v) is 8.34. The molecule has 0 aromatic heterocycles. The number of rotatable bonds is 0. The predicted octanol–water partition coefficient (Wildman–Crippen LogP) is 2.31.